The predicted molar refractivity (Wildman–Crippen MR) is 70.7 cm³/mol. The first kappa shape index (κ1) is 12.1. The fourth-order valence-electron chi connectivity index (χ4n) is 2.53. The van der Waals surface area contributed by atoms with E-state index in [2.05, 4.69) is 26.0 Å². The number of hydrogen-bond donors (Lipinski definition) is 2. The first-order valence-electron chi connectivity index (χ1n) is 5.48. The minimum atomic E-state index is -3.35. The van der Waals surface area contributed by atoms with E-state index in [4.69, 9.17) is 0 Å². The van der Waals surface area contributed by atoms with Gasteiger partial charge in [-0.05, 0) is 53.8 Å². The second kappa shape index (κ2) is 4.03. The Balaban J connectivity index is 1.80. The van der Waals surface area contributed by atoms with Crippen molar-refractivity contribution >= 4 is 37.3 Å². The number of fused-ring (bicyclic) bond motifs is 1. The van der Waals surface area contributed by atoms with Gasteiger partial charge in [0.1, 0.15) is 0 Å². The summed E-state index contributed by atoms with van der Waals surface area (Å²) in [6, 6.07) is 1.82. The number of halogens is 1. The molecular weight excluding hydrogens is 324 g/mol. The largest absolute Gasteiger partial charge is 0.316 e. The molecule has 3 rings (SSSR count). The zero-order valence-electron chi connectivity index (χ0n) is 9.23. The third-order valence-electron chi connectivity index (χ3n) is 3.51. The number of nitrogens with one attached hydrogen (secondary N) is 2. The summed E-state index contributed by atoms with van der Waals surface area (Å²) in [6.45, 7) is 3.70. The maximum absolute atomic E-state index is 12.2. The molecule has 1 saturated carbocycles. The minimum Gasteiger partial charge on any atom is -0.316 e. The predicted octanol–water partition coefficient (Wildman–Crippen LogP) is 1.32. The second-order valence-electron chi connectivity index (χ2n) is 4.60. The van der Waals surface area contributed by atoms with Gasteiger partial charge in [0, 0.05) is 10.9 Å². The topological polar surface area (TPSA) is 58.2 Å². The van der Waals surface area contributed by atoms with E-state index in [-0.39, 0.29) is 6.04 Å². The van der Waals surface area contributed by atoms with E-state index in [0.717, 1.165) is 21.8 Å². The van der Waals surface area contributed by atoms with Crippen molar-refractivity contribution in [1.29, 1.82) is 0 Å². The zero-order chi connectivity index (χ0) is 12.2. The molecule has 0 radical (unpaired) electrons. The molecule has 1 aliphatic heterocycles. The van der Waals surface area contributed by atoms with Crippen LogP contribution in [-0.2, 0) is 10.0 Å². The summed E-state index contributed by atoms with van der Waals surface area (Å²) in [7, 11) is -3.35. The Morgan fingerprint density at radius 3 is 2.65 bits per heavy atom. The lowest BCUT2D eigenvalue weighted by molar-refractivity contribution is 0.565. The van der Waals surface area contributed by atoms with Gasteiger partial charge in [0.05, 0.1) is 8.68 Å². The van der Waals surface area contributed by atoms with E-state index >= 15 is 0 Å². The van der Waals surface area contributed by atoms with E-state index in [1.54, 1.807) is 6.07 Å². The Hall–Kier alpha value is 0.0500. The molecule has 0 spiro atoms. The molecule has 2 unspecified atom stereocenters. The highest BCUT2D eigenvalue weighted by molar-refractivity contribution is 9.11. The molecule has 1 saturated heterocycles. The smallest absolute Gasteiger partial charge is 0.241 e. The molecule has 1 aromatic rings. The molecule has 2 aliphatic rings. The van der Waals surface area contributed by atoms with Crippen molar-refractivity contribution in [2.24, 2.45) is 11.8 Å². The van der Waals surface area contributed by atoms with Gasteiger partial charge in [-0.2, -0.15) is 0 Å². The van der Waals surface area contributed by atoms with Gasteiger partial charge in [0.2, 0.25) is 10.0 Å². The van der Waals surface area contributed by atoms with Crippen LogP contribution in [0.4, 0.5) is 0 Å². The summed E-state index contributed by atoms with van der Waals surface area (Å²) in [5, 5.41) is 3.25. The van der Waals surface area contributed by atoms with Crippen LogP contribution in [0.3, 0.4) is 0 Å². The molecule has 0 amide bonds. The van der Waals surface area contributed by atoms with Crippen LogP contribution in [0.15, 0.2) is 14.7 Å². The SMILES string of the molecule is Cc1sc(Br)cc1S(=O)(=O)NC1C2CNCC21. The summed E-state index contributed by atoms with van der Waals surface area (Å²) < 4.78 is 28.1. The lowest BCUT2D eigenvalue weighted by atomic mass is 10.4. The summed E-state index contributed by atoms with van der Waals surface area (Å²) >= 11 is 4.77. The van der Waals surface area contributed by atoms with Gasteiger partial charge >= 0.3 is 0 Å². The number of aryl methyl sites for hydroxylation is 1. The van der Waals surface area contributed by atoms with Gasteiger partial charge in [0.25, 0.3) is 0 Å². The van der Waals surface area contributed by atoms with Crippen molar-refractivity contribution in [2.75, 3.05) is 13.1 Å². The normalized spacial score (nSPS) is 31.5. The summed E-state index contributed by atoms with van der Waals surface area (Å²) in [5.74, 6) is 0.985. The maximum atomic E-state index is 12.2. The quantitative estimate of drug-likeness (QED) is 0.875. The third-order valence-corrected chi connectivity index (χ3v) is 6.78. The van der Waals surface area contributed by atoms with E-state index in [1.165, 1.54) is 11.3 Å². The summed E-state index contributed by atoms with van der Waals surface area (Å²) in [5.41, 5.74) is 0. The van der Waals surface area contributed by atoms with Crippen molar-refractivity contribution < 1.29 is 8.42 Å². The Labute approximate surface area is 113 Å². The average molecular weight is 337 g/mol. The first-order chi connectivity index (χ1) is 7.99. The lowest BCUT2D eigenvalue weighted by Crippen LogP contribution is -2.32. The number of thiophene rings is 1. The second-order valence-corrected chi connectivity index (χ2v) is 8.92. The minimum absolute atomic E-state index is 0.138. The van der Waals surface area contributed by atoms with Crippen molar-refractivity contribution in [3.05, 3.63) is 14.7 Å². The third kappa shape index (κ3) is 2.08. The molecule has 0 bridgehead atoms. The number of piperidine rings is 1. The molecule has 2 heterocycles. The Kier molecular flexibility index (Phi) is 2.87. The molecule has 0 aromatic carbocycles. The molecule has 7 heteroatoms. The summed E-state index contributed by atoms with van der Waals surface area (Å²) in [4.78, 5) is 1.24. The van der Waals surface area contributed by atoms with Crippen LogP contribution in [0.2, 0.25) is 0 Å². The monoisotopic (exact) mass is 336 g/mol. The molecular formula is C10H13BrN2O2S2. The van der Waals surface area contributed by atoms with Crippen molar-refractivity contribution in [2.45, 2.75) is 17.9 Å². The van der Waals surface area contributed by atoms with Crippen LogP contribution >= 0.6 is 27.3 Å². The zero-order valence-corrected chi connectivity index (χ0v) is 12.5. The molecule has 17 heavy (non-hydrogen) atoms. The fraction of sp³-hybridized carbons (Fsp3) is 0.600. The van der Waals surface area contributed by atoms with E-state index < -0.39 is 10.0 Å². The molecule has 1 aliphatic carbocycles. The van der Waals surface area contributed by atoms with E-state index in [9.17, 15) is 8.42 Å². The highest BCUT2D eigenvalue weighted by Gasteiger charge is 2.54. The van der Waals surface area contributed by atoms with Gasteiger partial charge in [-0.25, -0.2) is 13.1 Å². The van der Waals surface area contributed by atoms with Gasteiger partial charge in [-0.15, -0.1) is 11.3 Å². The average Bonchev–Trinajstić information content (AvgIpc) is 2.68. The van der Waals surface area contributed by atoms with Crippen LogP contribution in [0.5, 0.6) is 0 Å². The Morgan fingerprint density at radius 1 is 1.47 bits per heavy atom. The number of hydrogen-bond acceptors (Lipinski definition) is 4. The van der Waals surface area contributed by atoms with Crippen molar-refractivity contribution in [1.82, 2.24) is 10.0 Å². The Morgan fingerprint density at radius 2 is 2.12 bits per heavy atom. The fourth-order valence-corrected chi connectivity index (χ4v) is 6.29. The standard InChI is InChI=1S/C10H13BrN2O2S2/c1-5-8(2-9(11)16-5)17(14,15)13-10-6-3-12-4-7(6)10/h2,6-7,10,12-13H,3-4H2,1H3. The first-order valence-corrected chi connectivity index (χ1v) is 8.57. The van der Waals surface area contributed by atoms with Crippen LogP contribution in [0, 0.1) is 18.8 Å². The number of sulfonamides is 1. The van der Waals surface area contributed by atoms with E-state index in [1.807, 2.05) is 6.92 Å². The molecule has 4 nitrogen and oxygen atoms in total. The van der Waals surface area contributed by atoms with Gasteiger partial charge < -0.3 is 5.32 Å². The lowest BCUT2D eigenvalue weighted by Gasteiger charge is -2.08. The maximum Gasteiger partial charge on any atom is 0.241 e. The van der Waals surface area contributed by atoms with Crippen molar-refractivity contribution in [3.8, 4) is 0 Å². The van der Waals surface area contributed by atoms with Crippen LogP contribution < -0.4 is 10.0 Å². The molecule has 2 N–H and O–H groups in total. The van der Waals surface area contributed by atoms with Crippen molar-refractivity contribution in [3.63, 3.8) is 0 Å². The molecule has 1 aromatic heterocycles. The molecule has 94 valence electrons. The summed E-state index contributed by atoms with van der Waals surface area (Å²) in [6.07, 6.45) is 0. The van der Waals surface area contributed by atoms with Crippen LogP contribution in [-0.4, -0.2) is 27.5 Å². The number of rotatable bonds is 3. The van der Waals surface area contributed by atoms with Crippen LogP contribution in [0.1, 0.15) is 4.88 Å². The highest BCUT2D eigenvalue weighted by atomic mass is 79.9. The van der Waals surface area contributed by atoms with E-state index in [0.29, 0.717) is 16.7 Å². The highest BCUT2D eigenvalue weighted by Crippen LogP contribution is 2.42. The Bertz CT molecular complexity index is 545. The molecule has 2 fully saturated rings. The van der Waals surface area contributed by atoms with Gasteiger partial charge in [-0.1, -0.05) is 0 Å². The molecule has 2 atom stereocenters. The van der Waals surface area contributed by atoms with Crippen LogP contribution in [0.25, 0.3) is 0 Å². The van der Waals surface area contributed by atoms with Gasteiger partial charge in [-0.3, -0.25) is 0 Å². The van der Waals surface area contributed by atoms with Gasteiger partial charge in [0.15, 0.2) is 0 Å².